The van der Waals surface area contributed by atoms with E-state index in [4.69, 9.17) is 5.73 Å². The van der Waals surface area contributed by atoms with Crippen LogP contribution in [0.5, 0.6) is 0 Å². The lowest BCUT2D eigenvalue weighted by Crippen LogP contribution is -2.37. The molecule has 0 heterocycles. The standard InChI is InChI=1S/C22H26F3NO/c23-22(24,25)21(26)12-10-18-13-16(15-5-2-1-3-6-15)9-11-20(18)17-7-4-8-19(27)14-17/h1-2,5,8,13-14,21,27H,3-4,6-7,9-12,26H2. The number of alkyl halides is 3. The van der Waals surface area contributed by atoms with Crippen LogP contribution in [0.3, 0.4) is 0 Å². The van der Waals surface area contributed by atoms with Gasteiger partial charge in [0, 0.05) is 0 Å². The van der Waals surface area contributed by atoms with E-state index in [0.717, 1.165) is 55.2 Å². The van der Waals surface area contributed by atoms with Gasteiger partial charge in [-0.05, 0) is 91.4 Å². The van der Waals surface area contributed by atoms with Gasteiger partial charge < -0.3 is 10.8 Å². The van der Waals surface area contributed by atoms with Crippen molar-refractivity contribution in [2.75, 3.05) is 0 Å². The minimum atomic E-state index is -4.37. The van der Waals surface area contributed by atoms with E-state index in [-0.39, 0.29) is 12.2 Å². The van der Waals surface area contributed by atoms with Gasteiger partial charge in [-0.1, -0.05) is 24.3 Å². The Balaban J connectivity index is 1.90. The topological polar surface area (TPSA) is 46.2 Å². The van der Waals surface area contributed by atoms with E-state index >= 15 is 0 Å². The zero-order valence-corrected chi connectivity index (χ0v) is 15.4. The Bertz CT molecular complexity index is 763. The molecule has 0 aliphatic heterocycles. The molecule has 0 radical (unpaired) electrons. The highest BCUT2D eigenvalue weighted by Crippen LogP contribution is 2.39. The summed E-state index contributed by atoms with van der Waals surface area (Å²) in [5, 5.41) is 9.84. The number of hydrogen-bond acceptors (Lipinski definition) is 2. The Labute approximate surface area is 158 Å². The number of aliphatic hydroxyl groups excluding tert-OH is 1. The van der Waals surface area contributed by atoms with Gasteiger partial charge in [-0.2, -0.15) is 13.2 Å². The Hall–Kier alpha value is -2.01. The molecule has 0 aromatic carbocycles. The molecule has 146 valence electrons. The molecule has 27 heavy (non-hydrogen) atoms. The van der Waals surface area contributed by atoms with E-state index in [9.17, 15) is 18.3 Å². The fraction of sp³-hybridized carbons (Fsp3) is 0.455. The fourth-order valence-corrected chi connectivity index (χ4v) is 3.90. The second kappa shape index (κ2) is 8.34. The highest BCUT2D eigenvalue weighted by Gasteiger charge is 2.36. The van der Waals surface area contributed by atoms with Crippen molar-refractivity contribution in [2.24, 2.45) is 5.73 Å². The van der Waals surface area contributed by atoms with Crippen molar-refractivity contribution in [3.05, 3.63) is 70.1 Å². The third-order valence-electron chi connectivity index (χ3n) is 5.43. The number of halogens is 3. The molecule has 3 aliphatic rings. The zero-order chi connectivity index (χ0) is 19.4. The minimum absolute atomic E-state index is 0.125. The summed E-state index contributed by atoms with van der Waals surface area (Å²) in [6.45, 7) is 0. The molecular formula is C22H26F3NO. The summed E-state index contributed by atoms with van der Waals surface area (Å²) >= 11 is 0. The molecule has 3 aliphatic carbocycles. The Morgan fingerprint density at radius 2 is 1.78 bits per heavy atom. The Morgan fingerprint density at radius 3 is 2.44 bits per heavy atom. The maximum Gasteiger partial charge on any atom is 0.403 e. The third kappa shape index (κ3) is 5.04. The molecule has 3 N–H and O–H groups in total. The van der Waals surface area contributed by atoms with E-state index < -0.39 is 12.2 Å². The largest absolute Gasteiger partial charge is 0.508 e. The Kier molecular flexibility index (Phi) is 6.10. The fourth-order valence-electron chi connectivity index (χ4n) is 3.90. The van der Waals surface area contributed by atoms with Gasteiger partial charge in [0.2, 0.25) is 0 Å². The summed E-state index contributed by atoms with van der Waals surface area (Å²) in [4.78, 5) is 0. The second-order valence-corrected chi connectivity index (χ2v) is 7.36. The molecule has 1 unspecified atom stereocenters. The first-order valence-electron chi connectivity index (χ1n) is 9.55. The molecule has 3 rings (SSSR count). The maximum atomic E-state index is 12.8. The molecule has 0 saturated heterocycles. The molecule has 0 bridgehead atoms. The van der Waals surface area contributed by atoms with Crippen molar-refractivity contribution in [3.8, 4) is 0 Å². The SMILES string of the molecule is NC(CCC1=C(C2=CC(O)=CCC2)CCC(C2=CC=CCC2)=C1)C(F)(F)F. The van der Waals surface area contributed by atoms with Crippen LogP contribution in [0.15, 0.2) is 70.1 Å². The van der Waals surface area contributed by atoms with Crippen molar-refractivity contribution >= 4 is 0 Å². The van der Waals surface area contributed by atoms with Gasteiger partial charge in [0.1, 0.15) is 11.8 Å². The van der Waals surface area contributed by atoms with Crippen LogP contribution in [-0.2, 0) is 0 Å². The molecule has 0 aromatic rings. The smallest absolute Gasteiger partial charge is 0.403 e. The Morgan fingerprint density at radius 1 is 1.00 bits per heavy atom. The van der Waals surface area contributed by atoms with Crippen LogP contribution in [0, 0.1) is 0 Å². The summed E-state index contributed by atoms with van der Waals surface area (Å²) in [6.07, 6.45) is 12.9. The van der Waals surface area contributed by atoms with E-state index in [0.29, 0.717) is 6.42 Å². The lowest BCUT2D eigenvalue weighted by Gasteiger charge is -2.26. The molecule has 2 nitrogen and oxygen atoms in total. The predicted molar refractivity (Wildman–Crippen MR) is 102 cm³/mol. The number of rotatable bonds is 5. The summed E-state index contributed by atoms with van der Waals surface area (Å²) in [5.41, 5.74) is 10.9. The number of hydrogen-bond donors (Lipinski definition) is 2. The van der Waals surface area contributed by atoms with Crippen LogP contribution in [-0.4, -0.2) is 17.3 Å². The summed E-state index contributed by atoms with van der Waals surface area (Å²) in [5.74, 6) is 0.241. The average molecular weight is 377 g/mol. The number of allylic oxidation sites excluding steroid dienone is 11. The first kappa shape index (κ1) is 19.7. The molecule has 5 heteroatoms. The quantitative estimate of drug-likeness (QED) is 0.607. The highest BCUT2D eigenvalue weighted by atomic mass is 19.4. The highest BCUT2D eigenvalue weighted by molar-refractivity contribution is 5.51. The van der Waals surface area contributed by atoms with Crippen LogP contribution in [0.1, 0.15) is 51.4 Å². The normalized spacial score (nSPS) is 22.1. The van der Waals surface area contributed by atoms with Gasteiger partial charge in [-0.25, -0.2) is 0 Å². The van der Waals surface area contributed by atoms with Crippen LogP contribution in [0.2, 0.25) is 0 Å². The van der Waals surface area contributed by atoms with Gasteiger partial charge in [-0.15, -0.1) is 0 Å². The number of nitrogens with two attached hydrogens (primary N) is 1. The van der Waals surface area contributed by atoms with Crippen LogP contribution in [0.4, 0.5) is 13.2 Å². The molecular weight excluding hydrogens is 351 g/mol. The maximum absolute atomic E-state index is 12.8. The molecule has 0 amide bonds. The van der Waals surface area contributed by atoms with Crippen LogP contribution in [0.25, 0.3) is 0 Å². The van der Waals surface area contributed by atoms with Gasteiger partial charge >= 0.3 is 6.18 Å². The molecule has 0 spiro atoms. The van der Waals surface area contributed by atoms with E-state index in [1.807, 2.05) is 6.08 Å². The lowest BCUT2D eigenvalue weighted by atomic mass is 9.80. The van der Waals surface area contributed by atoms with Crippen molar-refractivity contribution < 1.29 is 18.3 Å². The van der Waals surface area contributed by atoms with Crippen LogP contribution < -0.4 is 5.73 Å². The number of aliphatic hydroxyl groups is 1. The molecule has 0 fully saturated rings. The van der Waals surface area contributed by atoms with Gasteiger partial charge in [0.15, 0.2) is 0 Å². The molecule has 1 atom stereocenters. The molecule has 0 aromatic heterocycles. The second-order valence-electron chi connectivity index (χ2n) is 7.36. The van der Waals surface area contributed by atoms with Gasteiger partial charge in [0.05, 0.1) is 0 Å². The van der Waals surface area contributed by atoms with E-state index in [1.165, 1.54) is 11.1 Å². The first-order valence-corrected chi connectivity index (χ1v) is 9.55. The summed E-state index contributed by atoms with van der Waals surface area (Å²) in [7, 11) is 0. The van der Waals surface area contributed by atoms with Crippen molar-refractivity contribution in [3.63, 3.8) is 0 Å². The van der Waals surface area contributed by atoms with Gasteiger partial charge in [0.25, 0.3) is 0 Å². The zero-order valence-electron chi connectivity index (χ0n) is 15.4. The summed E-state index contributed by atoms with van der Waals surface area (Å²) in [6, 6.07) is -1.81. The first-order chi connectivity index (χ1) is 12.8. The monoisotopic (exact) mass is 377 g/mol. The van der Waals surface area contributed by atoms with Gasteiger partial charge in [-0.3, -0.25) is 0 Å². The molecule has 0 saturated carbocycles. The predicted octanol–water partition coefficient (Wildman–Crippen LogP) is 6.11. The van der Waals surface area contributed by atoms with E-state index in [2.05, 4.69) is 18.2 Å². The summed E-state index contributed by atoms with van der Waals surface area (Å²) < 4.78 is 38.5. The van der Waals surface area contributed by atoms with Crippen molar-refractivity contribution in [1.29, 1.82) is 0 Å². The van der Waals surface area contributed by atoms with E-state index in [1.54, 1.807) is 12.2 Å². The van der Waals surface area contributed by atoms with Crippen molar-refractivity contribution in [2.45, 2.75) is 63.6 Å². The average Bonchev–Trinajstić information content (AvgIpc) is 2.66. The third-order valence-corrected chi connectivity index (χ3v) is 5.43. The van der Waals surface area contributed by atoms with Crippen molar-refractivity contribution in [1.82, 2.24) is 0 Å². The lowest BCUT2D eigenvalue weighted by molar-refractivity contribution is -0.148. The van der Waals surface area contributed by atoms with Crippen LogP contribution >= 0.6 is 0 Å². The minimum Gasteiger partial charge on any atom is -0.508 e.